The lowest BCUT2D eigenvalue weighted by Crippen LogP contribution is -2.46. The predicted octanol–water partition coefficient (Wildman–Crippen LogP) is 5.55. The van der Waals surface area contributed by atoms with Crippen LogP contribution in [0.2, 0.25) is 0 Å². The Kier molecular flexibility index (Phi) is 12.1. The SMILES string of the molecule is Cl.Cl.OC1CCC(C(CN2CCNCC2)c2ccc(OCc3ccccc3)c(OC(F)(F)F)c2)CC1. The minimum atomic E-state index is -4.81. The molecule has 0 spiro atoms. The molecular formula is C26H35Cl2F3N2O3. The third kappa shape index (κ3) is 8.99. The number of aliphatic hydroxyl groups is 1. The number of aliphatic hydroxyl groups excluding tert-OH is 1. The van der Waals surface area contributed by atoms with Gasteiger partial charge in [0.15, 0.2) is 11.5 Å². The molecule has 1 heterocycles. The van der Waals surface area contributed by atoms with E-state index < -0.39 is 6.36 Å². The number of hydrogen-bond donors (Lipinski definition) is 2. The molecule has 2 aromatic carbocycles. The Morgan fingerprint density at radius 2 is 1.61 bits per heavy atom. The van der Waals surface area contributed by atoms with Crippen molar-refractivity contribution in [3.05, 3.63) is 59.7 Å². The first-order chi connectivity index (χ1) is 16.4. The van der Waals surface area contributed by atoms with E-state index in [2.05, 4.69) is 15.0 Å². The van der Waals surface area contributed by atoms with E-state index in [0.29, 0.717) is 5.92 Å². The van der Waals surface area contributed by atoms with Gasteiger partial charge < -0.3 is 24.8 Å². The number of hydrogen-bond acceptors (Lipinski definition) is 5. The number of nitrogens with one attached hydrogen (secondary N) is 1. The maximum atomic E-state index is 13.3. The summed E-state index contributed by atoms with van der Waals surface area (Å²) in [5.41, 5.74) is 1.69. The molecule has 1 aliphatic heterocycles. The molecule has 2 N–H and O–H groups in total. The van der Waals surface area contributed by atoms with Crippen molar-refractivity contribution in [2.45, 2.75) is 50.7 Å². The molecule has 2 aromatic rings. The van der Waals surface area contributed by atoms with E-state index in [1.807, 2.05) is 36.4 Å². The molecule has 0 amide bonds. The van der Waals surface area contributed by atoms with Crippen molar-refractivity contribution in [2.24, 2.45) is 5.92 Å². The van der Waals surface area contributed by atoms with Crippen LogP contribution in [0, 0.1) is 5.92 Å². The second kappa shape index (κ2) is 14.3. The molecule has 0 bridgehead atoms. The molecule has 5 nitrogen and oxygen atoms in total. The van der Waals surface area contributed by atoms with E-state index in [9.17, 15) is 18.3 Å². The van der Waals surface area contributed by atoms with Gasteiger partial charge in [-0.3, -0.25) is 0 Å². The summed E-state index contributed by atoms with van der Waals surface area (Å²) in [5.74, 6) is 0.129. The Labute approximate surface area is 223 Å². The standard InChI is InChI=1S/C26H33F3N2O3.2ClH/c27-26(28,29)34-25-16-21(8-11-24(25)33-18-19-4-2-1-3-5-19)23(17-31-14-12-30-13-15-31)20-6-9-22(32)10-7-20;;/h1-5,8,11,16,20,22-23,30,32H,6-7,9-10,12-15,17-18H2;2*1H. The minimum Gasteiger partial charge on any atom is -0.485 e. The van der Waals surface area contributed by atoms with Crippen molar-refractivity contribution >= 4 is 24.8 Å². The summed E-state index contributed by atoms with van der Waals surface area (Å²) in [6.45, 7) is 4.57. The molecule has 202 valence electrons. The van der Waals surface area contributed by atoms with Crippen LogP contribution in [0.3, 0.4) is 0 Å². The van der Waals surface area contributed by atoms with Crippen LogP contribution in [-0.2, 0) is 6.61 Å². The average Bonchev–Trinajstić information content (AvgIpc) is 2.83. The summed E-state index contributed by atoms with van der Waals surface area (Å²) >= 11 is 0. The molecule has 1 unspecified atom stereocenters. The second-order valence-electron chi connectivity index (χ2n) is 9.25. The second-order valence-corrected chi connectivity index (χ2v) is 9.25. The van der Waals surface area contributed by atoms with Crippen LogP contribution < -0.4 is 14.8 Å². The summed E-state index contributed by atoms with van der Waals surface area (Å²) in [5, 5.41) is 13.3. The highest BCUT2D eigenvalue weighted by atomic mass is 35.5. The van der Waals surface area contributed by atoms with Gasteiger partial charge in [-0.15, -0.1) is 38.0 Å². The maximum absolute atomic E-state index is 13.3. The number of piperazine rings is 1. The Morgan fingerprint density at radius 1 is 0.944 bits per heavy atom. The van der Waals surface area contributed by atoms with E-state index in [0.717, 1.165) is 69.5 Å². The van der Waals surface area contributed by atoms with Crippen LogP contribution >= 0.6 is 24.8 Å². The monoisotopic (exact) mass is 550 g/mol. The molecular weight excluding hydrogens is 516 g/mol. The summed E-state index contributed by atoms with van der Waals surface area (Å²) in [6, 6.07) is 14.3. The van der Waals surface area contributed by atoms with Crippen LogP contribution in [0.4, 0.5) is 13.2 Å². The number of rotatable bonds is 8. The molecule has 4 rings (SSSR count). The highest BCUT2D eigenvalue weighted by molar-refractivity contribution is 5.85. The first-order valence-corrected chi connectivity index (χ1v) is 12.0. The Bertz CT molecular complexity index is 907. The first-order valence-electron chi connectivity index (χ1n) is 12.0. The molecule has 0 radical (unpaired) electrons. The third-order valence-electron chi connectivity index (χ3n) is 6.83. The molecule has 0 aromatic heterocycles. The van der Waals surface area contributed by atoms with Crippen molar-refractivity contribution < 1.29 is 27.8 Å². The number of nitrogens with zero attached hydrogens (tertiary/aromatic N) is 1. The first kappa shape index (κ1) is 30.5. The van der Waals surface area contributed by atoms with Crippen LogP contribution in [0.1, 0.15) is 42.7 Å². The Morgan fingerprint density at radius 3 is 2.25 bits per heavy atom. The van der Waals surface area contributed by atoms with Crippen LogP contribution in [0.15, 0.2) is 48.5 Å². The van der Waals surface area contributed by atoms with E-state index in [4.69, 9.17) is 4.74 Å². The van der Waals surface area contributed by atoms with Crippen LogP contribution in [-0.4, -0.2) is 55.2 Å². The summed E-state index contributed by atoms with van der Waals surface area (Å²) < 4.78 is 50.0. The molecule has 1 saturated carbocycles. The van der Waals surface area contributed by atoms with Gasteiger partial charge in [0.05, 0.1) is 6.10 Å². The Hall–Kier alpha value is -1.71. The van der Waals surface area contributed by atoms with Gasteiger partial charge in [0.25, 0.3) is 0 Å². The molecule has 1 aliphatic carbocycles. The maximum Gasteiger partial charge on any atom is 0.573 e. The van der Waals surface area contributed by atoms with Crippen molar-refractivity contribution in [3.8, 4) is 11.5 Å². The lowest BCUT2D eigenvalue weighted by atomic mass is 9.75. The fourth-order valence-corrected chi connectivity index (χ4v) is 5.02. The van der Waals surface area contributed by atoms with Crippen molar-refractivity contribution in [3.63, 3.8) is 0 Å². The molecule has 2 aliphatic rings. The lowest BCUT2D eigenvalue weighted by Gasteiger charge is -2.37. The largest absolute Gasteiger partial charge is 0.573 e. The number of halogens is 5. The van der Waals surface area contributed by atoms with Gasteiger partial charge in [-0.1, -0.05) is 36.4 Å². The fourth-order valence-electron chi connectivity index (χ4n) is 5.02. The van der Waals surface area contributed by atoms with Gasteiger partial charge in [0, 0.05) is 32.7 Å². The quantitative estimate of drug-likeness (QED) is 0.451. The molecule has 1 saturated heterocycles. The van der Waals surface area contributed by atoms with Crippen molar-refractivity contribution in [2.75, 3.05) is 32.7 Å². The van der Waals surface area contributed by atoms with Crippen molar-refractivity contribution in [1.82, 2.24) is 10.2 Å². The Balaban J connectivity index is 0.00000228. The van der Waals surface area contributed by atoms with Gasteiger partial charge in [-0.05, 0) is 60.8 Å². The average molecular weight is 551 g/mol. The van der Waals surface area contributed by atoms with Gasteiger partial charge in [-0.25, -0.2) is 0 Å². The van der Waals surface area contributed by atoms with Crippen LogP contribution in [0.5, 0.6) is 11.5 Å². The lowest BCUT2D eigenvalue weighted by molar-refractivity contribution is -0.275. The van der Waals surface area contributed by atoms with Gasteiger partial charge >= 0.3 is 6.36 Å². The highest BCUT2D eigenvalue weighted by Crippen LogP contribution is 2.41. The zero-order valence-corrected chi connectivity index (χ0v) is 21.7. The molecule has 36 heavy (non-hydrogen) atoms. The third-order valence-corrected chi connectivity index (χ3v) is 6.83. The fraction of sp³-hybridized carbons (Fsp3) is 0.538. The number of alkyl halides is 3. The zero-order chi connectivity index (χ0) is 24.0. The molecule has 10 heteroatoms. The van der Waals surface area contributed by atoms with E-state index >= 15 is 0 Å². The van der Waals surface area contributed by atoms with Gasteiger partial charge in [0.2, 0.25) is 0 Å². The van der Waals surface area contributed by atoms with Gasteiger partial charge in [0.1, 0.15) is 6.61 Å². The predicted molar refractivity (Wildman–Crippen MR) is 138 cm³/mol. The number of ether oxygens (including phenoxy) is 2. The smallest absolute Gasteiger partial charge is 0.485 e. The zero-order valence-electron chi connectivity index (χ0n) is 20.1. The van der Waals surface area contributed by atoms with E-state index in [1.54, 1.807) is 6.07 Å². The normalized spacial score (nSPS) is 21.6. The number of benzene rings is 2. The summed E-state index contributed by atoms with van der Waals surface area (Å²) in [4.78, 5) is 2.37. The topological polar surface area (TPSA) is 54.0 Å². The molecule has 1 atom stereocenters. The summed E-state index contributed by atoms with van der Waals surface area (Å²) in [6.07, 6.45) is -1.92. The van der Waals surface area contributed by atoms with Crippen molar-refractivity contribution in [1.29, 1.82) is 0 Å². The minimum absolute atomic E-state index is 0. The highest BCUT2D eigenvalue weighted by Gasteiger charge is 2.34. The molecule has 2 fully saturated rings. The van der Waals surface area contributed by atoms with Gasteiger partial charge in [-0.2, -0.15) is 0 Å². The summed E-state index contributed by atoms with van der Waals surface area (Å²) in [7, 11) is 0. The van der Waals surface area contributed by atoms with E-state index in [-0.39, 0.29) is 54.9 Å². The van der Waals surface area contributed by atoms with E-state index in [1.165, 1.54) is 6.07 Å². The van der Waals surface area contributed by atoms with Crippen LogP contribution in [0.25, 0.3) is 0 Å².